The van der Waals surface area contributed by atoms with E-state index < -0.39 is 0 Å². The minimum atomic E-state index is 0.0156. The van der Waals surface area contributed by atoms with Crippen LogP contribution in [0.5, 0.6) is 0 Å². The predicted molar refractivity (Wildman–Crippen MR) is 127 cm³/mol. The summed E-state index contributed by atoms with van der Waals surface area (Å²) in [6.07, 6.45) is 3.14. The number of amides is 1. The lowest BCUT2D eigenvalue weighted by molar-refractivity contribution is -0.121. The van der Waals surface area contributed by atoms with Gasteiger partial charge in [0.1, 0.15) is 5.82 Å². The first-order chi connectivity index (χ1) is 15.4. The zero-order valence-corrected chi connectivity index (χ0v) is 19.2. The van der Waals surface area contributed by atoms with Crippen LogP contribution in [0.2, 0.25) is 0 Å². The standard InChI is InChI=1S/C24H31N7O/c1-18(2)15-27-23-20(8-6-5-7-13-26-22(32)17-31(3)4)16-28-24(30-23)29-21-11-9-19(14-25)10-12-21/h9-12,16,18H,5,7,13,15,17H2,1-4H3,(H,26,32)(H2,27,28,29,30). The molecule has 2 rings (SSSR count). The summed E-state index contributed by atoms with van der Waals surface area (Å²) in [7, 11) is 3.73. The van der Waals surface area contributed by atoms with Gasteiger partial charge in [-0.3, -0.25) is 4.79 Å². The highest BCUT2D eigenvalue weighted by atomic mass is 16.1. The molecule has 0 spiro atoms. The molecule has 0 atom stereocenters. The van der Waals surface area contributed by atoms with Crippen molar-refractivity contribution in [2.75, 3.05) is 44.4 Å². The normalized spacial score (nSPS) is 10.3. The number of anilines is 3. The number of benzene rings is 1. The summed E-state index contributed by atoms with van der Waals surface area (Å²) in [5.41, 5.74) is 2.13. The average molecular weight is 434 g/mol. The number of nitrogens with zero attached hydrogens (tertiary/aromatic N) is 4. The molecule has 1 aromatic carbocycles. The van der Waals surface area contributed by atoms with E-state index in [1.54, 1.807) is 18.3 Å². The molecule has 168 valence electrons. The number of nitriles is 1. The quantitative estimate of drug-likeness (QED) is 0.391. The molecule has 0 aliphatic heterocycles. The van der Waals surface area contributed by atoms with Gasteiger partial charge in [-0.2, -0.15) is 10.2 Å². The van der Waals surface area contributed by atoms with E-state index in [4.69, 9.17) is 5.26 Å². The summed E-state index contributed by atoms with van der Waals surface area (Å²) in [4.78, 5) is 22.4. The van der Waals surface area contributed by atoms with Crippen LogP contribution < -0.4 is 16.0 Å². The summed E-state index contributed by atoms with van der Waals surface area (Å²) in [6, 6.07) is 9.21. The Bertz CT molecular complexity index is 982. The highest BCUT2D eigenvalue weighted by molar-refractivity contribution is 5.77. The summed E-state index contributed by atoms with van der Waals surface area (Å²) in [5, 5.41) is 18.3. The Balaban J connectivity index is 2.00. The van der Waals surface area contributed by atoms with Crippen LogP contribution >= 0.6 is 0 Å². The predicted octanol–water partition coefficient (Wildman–Crippen LogP) is 2.97. The summed E-state index contributed by atoms with van der Waals surface area (Å²) in [6.45, 7) is 6.00. The first kappa shape index (κ1) is 24.6. The molecular formula is C24H31N7O. The Hall–Kier alpha value is -3.62. The molecule has 0 saturated carbocycles. The first-order valence-electron chi connectivity index (χ1n) is 10.7. The minimum Gasteiger partial charge on any atom is -0.369 e. The maximum atomic E-state index is 11.6. The van der Waals surface area contributed by atoms with Gasteiger partial charge in [0.25, 0.3) is 0 Å². The fourth-order valence-corrected chi connectivity index (χ4v) is 2.63. The monoisotopic (exact) mass is 433 g/mol. The van der Waals surface area contributed by atoms with E-state index in [0.29, 0.717) is 42.8 Å². The number of carbonyl (C=O) groups is 1. The van der Waals surface area contributed by atoms with Crippen molar-refractivity contribution in [2.45, 2.75) is 26.7 Å². The largest absolute Gasteiger partial charge is 0.369 e. The van der Waals surface area contributed by atoms with Gasteiger partial charge in [-0.25, -0.2) is 4.98 Å². The van der Waals surface area contributed by atoms with Gasteiger partial charge in [-0.1, -0.05) is 25.7 Å². The maximum Gasteiger partial charge on any atom is 0.234 e. The topological polar surface area (TPSA) is 106 Å². The molecule has 1 aromatic heterocycles. The van der Waals surface area contributed by atoms with Gasteiger partial charge >= 0.3 is 0 Å². The Labute approximate surface area is 190 Å². The van der Waals surface area contributed by atoms with Gasteiger partial charge in [-0.05, 0) is 50.7 Å². The zero-order valence-electron chi connectivity index (χ0n) is 19.2. The van der Waals surface area contributed by atoms with Crippen LogP contribution in [0.25, 0.3) is 0 Å². The Morgan fingerprint density at radius 2 is 1.97 bits per heavy atom. The highest BCUT2D eigenvalue weighted by Gasteiger charge is 2.07. The molecule has 0 aliphatic rings. The second-order valence-electron chi connectivity index (χ2n) is 8.04. The van der Waals surface area contributed by atoms with Crippen LogP contribution in [0.3, 0.4) is 0 Å². The average Bonchev–Trinajstić information content (AvgIpc) is 2.75. The fraction of sp³-hybridized carbons (Fsp3) is 0.417. The molecular weight excluding hydrogens is 402 g/mol. The molecule has 0 radical (unpaired) electrons. The smallest absolute Gasteiger partial charge is 0.234 e. The SMILES string of the molecule is CC(C)CNc1nc(Nc2ccc(C#N)cc2)ncc1C#CCCCNC(=O)CN(C)C. The third-order valence-corrected chi connectivity index (χ3v) is 4.22. The van der Waals surface area contributed by atoms with Crippen molar-refractivity contribution in [2.24, 2.45) is 5.92 Å². The Morgan fingerprint density at radius 1 is 1.22 bits per heavy atom. The van der Waals surface area contributed by atoms with Crippen molar-refractivity contribution in [3.8, 4) is 17.9 Å². The van der Waals surface area contributed by atoms with Crippen LogP contribution in [0.4, 0.5) is 17.5 Å². The van der Waals surface area contributed by atoms with Crippen LogP contribution in [-0.2, 0) is 4.79 Å². The number of hydrogen-bond donors (Lipinski definition) is 3. The molecule has 0 bridgehead atoms. The number of nitrogens with one attached hydrogen (secondary N) is 3. The summed E-state index contributed by atoms with van der Waals surface area (Å²) in [5.74, 6) is 7.88. The lowest BCUT2D eigenvalue weighted by Gasteiger charge is -2.12. The Morgan fingerprint density at radius 3 is 2.62 bits per heavy atom. The van der Waals surface area contributed by atoms with Crippen molar-refractivity contribution >= 4 is 23.4 Å². The van der Waals surface area contributed by atoms with E-state index in [1.807, 2.05) is 31.1 Å². The number of likely N-dealkylation sites (N-methyl/N-ethyl adjacent to an activating group) is 1. The molecule has 32 heavy (non-hydrogen) atoms. The zero-order chi connectivity index (χ0) is 23.3. The summed E-state index contributed by atoms with van der Waals surface area (Å²) >= 11 is 0. The molecule has 2 aromatic rings. The van der Waals surface area contributed by atoms with Crippen molar-refractivity contribution in [3.05, 3.63) is 41.6 Å². The highest BCUT2D eigenvalue weighted by Crippen LogP contribution is 2.18. The van der Waals surface area contributed by atoms with Crippen molar-refractivity contribution in [1.29, 1.82) is 5.26 Å². The number of aromatic nitrogens is 2. The number of unbranched alkanes of at least 4 members (excludes halogenated alkanes) is 1. The van der Waals surface area contributed by atoms with Crippen LogP contribution in [0.15, 0.2) is 30.5 Å². The lowest BCUT2D eigenvalue weighted by Crippen LogP contribution is -2.33. The fourth-order valence-electron chi connectivity index (χ4n) is 2.63. The van der Waals surface area contributed by atoms with Gasteiger partial charge in [-0.15, -0.1) is 0 Å². The van der Waals surface area contributed by atoms with E-state index in [2.05, 4.69) is 57.7 Å². The molecule has 8 heteroatoms. The van der Waals surface area contributed by atoms with Crippen LogP contribution in [0, 0.1) is 29.1 Å². The number of rotatable bonds is 10. The molecule has 1 heterocycles. The minimum absolute atomic E-state index is 0.0156. The third kappa shape index (κ3) is 9.03. The van der Waals surface area contributed by atoms with Gasteiger partial charge in [0, 0.05) is 25.2 Å². The molecule has 8 nitrogen and oxygen atoms in total. The van der Waals surface area contributed by atoms with Crippen molar-refractivity contribution in [1.82, 2.24) is 20.2 Å². The van der Waals surface area contributed by atoms with Gasteiger partial charge in [0.05, 0.1) is 29.9 Å². The van der Waals surface area contributed by atoms with Crippen LogP contribution in [-0.4, -0.2) is 54.5 Å². The van der Waals surface area contributed by atoms with Crippen molar-refractivity contribution < 1.29 is 4.79 Å². The molecule has 1 amide bonds. The number of hydrogen-bond acceptors (Lipinski definition) is 7. The molecule has 3 N–H and O–H groups in total. The first-order valence-corrected chi connectivity index (χ1v) is 10.7. The van der Waals surface area contributed by atoms with Crippen LogP contribution in [0.1, 0.15) is 37.8 Å². The van der Waals surface area contributed by atoms with Gasteiger partial charge in [0.2, 0.25) is 11.9 Å². The molecule has 0 aliphatic carbocycles. The third-order valence-electron chi connectivity index (χ3n) is 4.22. The second-order valence-corrected chi connectivity index (χ2v) is 8.04. The Kier molecular flexibility index (Phi) is 9.96. The van der Waals surface area contributed by atoms with Gasteiger partial charge < -0.3 is 20.9 Å². The second kappa shape index (κ2) is 12.9. The van der Waals surface area contributed by atoms with Gasteiger partial charge in [0.15, 0.2) is 0 Å². The maximum absolute atomic E-state index is 11.6. The van der Waals surface area contributed by atoms with E-state index in [0.717, 1.165) is 24.2 Å². The van der Waals surface area contributed by atoms with E-state index in [-0.39, 0.29) is 5.91 Å². The molecule has 0 saturated heterocycles. The molecule has 0 unspecified atom stereocenters. The summed E-state index contributed by atoms with van der Waals surface area (Å²) < 4.78 is 0. The van der Waals surface area contributed by atoms with E-state index in [1.165, 1.54) is 0 Å². The van der Waals surface area contributed by atoms with E-state index in [9.17, 15) is 4.79 Å². The lowest BCUT2D eigenvalue weighted by atomic mass is 10.2. The number of carbonyl (C=O) groups excluding carboxylic acids is 1. The van der Waals surface area contributed by atoms with Crippen molar-refractivity contribution in [3.63, 3.8) is 0 Å². The van der Waals surface area contributed by atoms with E-state index >= 15 is 0 Å². The molecule has 0 fully saturated rings.